The average molecular weight is 568 g/mol. The zero-order chi connectivity index (χ0) is 29.8. The second-order valence-electron chi connectivity index (χ2n) is 9.33. The summed E-state index contributed by atoms with van der Waals surface area (Å²) in [5.74, 6) is 0.721. The zero-order valence-corrected chi connectivity index (χ0v) is 23.4. The number of carboxylic acids is 1. The fourth-order valence-electron chi connectivity index (χ4n) is 4.53. The molecule has 0 amide bonds. The van der Waals surface area contributed by atoms with Crippen LogP contribution in [0.2, 0.25) is 0 Å². The molecule has 0 spiro atoms. The van der Waals surface area contributed by atoms with Gasteiger partial charge in [-0.2, -0.15) is 9.78 Å². The smallest absolute Gasteiger partial charge is 0.344 e. The third kappa shape index (κ3) is 5.46. The Kier molecular flexibility index (Phi) is 8.05. The molecule has 10 nitrogen and oxygen atoms in total. The van der Waals surface area contributed by atoms with Gasteiger partial charge in [-0.25, -0.2) is 9.78 Å². The lowest BCUT2D eigenvalue weighted by Gasteiger charge is -2.18. The van der Waals surface area contributed by atoms with Crippen LogP contribution in [0, 0.1) is 0 Å². The Hall–Kier alpha value is -5.38. The van der Waals surface area contributed by atoms with Crippen LogP contribution in [0.25, 0.3) is 33.5 Å². The largest absolute Gasteiger partial charge is 0.496 e. The normalized spacial score (nSPS) is 12.1. The molecule has 214 valence electrons. The minimum atomic E-state index is -1.11. The molecule has 0 unspecified atom stereocenters. The summed E-state index contributed by atoms with van der Waals surface area (Å²) in [4.78, 5) is 29.9. The molecule has 3 aromatic carbocycles. The maximum atomic E-state index is 13.7. The number of nitrogens with zero attached hydrogens (tertiary/aromatic N) is 3. The van der Waals surface area contributed by atoms with E-state index in [1.807, 2.05) is 19.1 Å². The fraction of sp³-hybridized carbons (Fsp3) is 0.188. The van der Waals surface area contributed by atoms with E-state index in [2.05, 4.69) is 11.7 Å². The first-order valence-corrected chi connectivity index (χ1v) is 13.3. The van der Waals surface area contributed by atoms with Crippen LogP contribution in [0.4, 0.5) is 0 Å². The van der Waals surface area contributed by atoms with Gasteiger partial charge in [0.1, 0.15) is 11.3 Å². The lowest BCUT2D eigenvalue weighted by atomic mass is 10.1. The predicted molar refractivity (Wildman–Crippen MR) is 160 cm³/mol. The van der Waals surface area contributed by atoms with Crippen molar-refractivity contribution in [2.24, 2.45) is 5.10 Å². The van der Waals surface area contributed by atoms with Crippen LogP contribution in [-0.4, -0.2) is 46.8 Å². The molecular weight excluding hydrogens is 538 g/mol. The summed E-state index contributed by atoms with van der Waals surface area (Å²) >= 11 is 0. The van der Waals surface area contributed by atoms with E-state index < -0.39 is 12.1 Å². The van der Waals surface area contributed by atoms with E-state index in [-0.39, 0.29) is 11.4 Å². The van der Waals surface area contributed by atoms with Crippen LogP contribution in [0.1, 0.15) is 25.0 Å². The number of aromatic nitrogens is 2. The highest BCUT2D eigenvalue weighted by Crippen LogP contribution is 2.35. The number of aliphatic carboxylic acids is 1. The Morgan fingerprint density at radius 1 is 1.14 bits per heavy atom. The van der Waals surface area contributed by atoms with Crippen molar-refractivity contribution in [2.45, 2.75) is 26.4 Å². The number of methoxy groups -OCH3 is 1. The Bertz CT molecular complexity index is 1890. The molecule has 2 heterocycles. The zero-order valence-electron chi connectivity index (χ0n) is 23.4. The lowest BCUT2D eigenvalue weighted by Crippen LogP contribution is -2.24. The number of ether oxygens (including phenoxy) is 3. The predicted octanol–water partition coefficient (Wildman–Crippen LogP) is 5.68. The topological polar surface area (TPSA) is 125 Å². The van der Waals surface area contributed by atoms with Crippen molar-refractivity contribution in [3.05, 3.63) is 94.8 Å². The van der Waals surface area contributed by atoms with Crippen molar-refractivity contribution in [1.29, 1.82) is 0 Å². The van der Waals surface area contributed by atoms with Gasteiger partial charge in [-0.15, -0.1) is 6.58 Å². The summed E-state index contributed by atoms with van der Waals surface area (Å²) in [5.41, 5.74) is 1.93. The van der Waals surface area contributed by atoms with Gasteiger partial charge in [0.15, 0.2) is 23.4 Å². The number of allylic oxidation sites excluding steroid dienone is 1. The van der Waals surface area contributed by atoms with Gasteiger partial charge in [0.05, 0.1) is 36.2 Å². The van der Waals surface area contributed by atoms with Crippen molar-refractivity contribution in [2.75, 3.05) is 13.7 Å². The minimum absolute atomic E-state index is 0.208. The molecule has 1 N–H and O–H groups in total. The van der Waals surface area contributed by atoms with Gasteiger partial charge < -0.3 is 23.7 Å². The van der Waals surface area contributed by atoms with Gasteiger partial charge in [0.2, 0.25) is 5.82 Å². The number of furan rings is 1. The van der Waals surface area contributed by atoms with Gasteiger partial charge >= 0.3 is 5.97 Å². The maximum Gasteiger partial charge on any atom is 0.344 e. The van der Waals surface area contributed by atoms with Crippen LogP contribution in [0.5, 0.6) is 17.2 Å². The SMILES string of the molecule is C=CCc1cc(C=Nn2c(-c3cc4c(OC)cccc4o3)nc3ccccc3c2=O)cc(OCC)c1O[C@H](C)C(=O)O. The molecule has 0 aliphatic carbocycles. The Balaban J connectivity index is 1.67. The minimum Gasteiger partial charge on any atom is -0.496 e. The molecule has 42 heavy (non-hydrogen) atoms. The second kappa shape index (κ2) is 12.0. The lowest BCUT2D eigenvalue weighted by molar-refractivity contribution is -0.144. The third-order valence-electron chi connectivity index (χ3n) is 6.50. The molecule has 0 aliphatic heterocycles. The molecule has 0 saturated carbocycles. The van der Waals surface area contributed by atoms with Crippen molar-refractivity contribution < 1.29 is 28.5 Å². The number of fused-ring (bicyclic) bond motifs is 2. The van der Waals surface area contributed by atoms with Crippen molar-refractivity contribution in [1.82, 2.24) is 9.66 Å². The highest BCUT2D eigenvalue weighted by Gasteiger charge is 2.21. The first-order chi connectivity index (χ1) is 20.3. The van der Waals surface area contributed by atoms with Crippen LogP contribution >= 0.6 is 0 Å². The quantitative estimate of drug-likeness (QED) is 0.160. The number of hydrogen-bond acceptors (Lipinski definition) is 8. The molecular formula is C32H29N3O7. The number of hydrogen-bond donors (Lipinski definition) is 1. The number of carbonyl (C=O) groups is 1. The first-order valence-electron chi connectivity index (χ1n) is 13.3. The second-order valence-corrected chi connectivity index (χ2v) is 9.33. The number of benzene rings is 3. The van der Waals surface area contributed by atoms with E-state index >= 15 is 0 Å². The van der Waals surface area contributed by atoms with Crippen molar-refractivity contribution in [3.63, 3.8) is 0 Å². The van der Waals surface area contributed by atoms with E-state index in [1.165, 1.54) is 17.8 Å². The Morgan fingerprint density at radius 3 is 2.69 bits per heavy atom. The highest BCUT2D eigenvalue weighted by molar-refractivity contribution is 5.89. The van der Waals surface area contributed by atoms with Crippen molar-refractivity contribution >= 4 is 34.1 Å². The summed E-state index contributed by atoms with van der Waals surface area (Å²) < 4.78 is 24.3. The van der Waals surface area contributed by atoms with Crippen LogP contribution in [0.3, 0.4) is 0 Å². The molecule has 0 fully saturated rings. The fourth-order valence-corrected chi connectivity index (χ4v) is 4.53. The van der Waals surface area contributed by atoms with Crippen LogP contribution in [-0.2, 0) is 11.2 Å². The van der Waals surface area contributed by atoms with Gasteiger partial charge in [-0.05, 0) is 68.3 Å². The number of carboxylic acid groups (broad SMARTS) is 1. The van der Waals surface area contributed by atoms with Crippen LogP contribution < -0.4 is 19.8 Å². The molecule has 2 aromatic heterocycles. The highest BCUT2D eigenvalue weighted by atomic mass is 16.5. The van der Waals surface area contributed by atoms with Gasteiger partial charge in [-0.1, -0.05) is 24.3 Å². The third-order valence-corrected chi connectivity index (χ3v) is 6.50. The molecule has 0 saturated heterocycles. The number of rotatable bonds is 11. The van der Waals surface area contributed by atoms with E-state index in [9.17, 15) is 14.7 Å². The first kappa shape index (κ1) is 28.2. The van der Waals surface area contributed by atoms with E-state index in [0.717, 1.165) is 5.39 Å². The van der Waals surface area contributed by atoms with Gasteiger partial charge in [-0.3, -0.25) is 4.79 Å². The molecule has 1 atom stereocenters. The molecule has 0 aliphatic rings. The van der Waals surface area contributed by atoms with Gasteiger partial charge in [0.25, 0.3) is 5.56 Å². The molecule has 0 radical (unpaired) electrons. The number of para-hydroxylation sites is 1. The Labute approximate surface area is 241 Å². The molecule has 0 bridgehead atoms. The average Bonchev–Trinajstić information content (AvgIpc) is 3.43. The van der Waals surface area contributed by atoms with Gasteiger partial charge in [0, 0.05) is 5.56 Å². The summed E-state index contributed by atoms with van der Waals surface area (Å²) in [6.45, 7) is 7.38. The Morgan fingerprint density at radius 2 is 1.95 bits per heavy atom. The maximum absolute atomic E-state index is 13.7. The van der Waals surface area contributed by atoms with Crippen molar-refractivity contribution in [3.8, 4) is 28.8 Å². The van der Waals surface area contributed by atoms with E-state index in [4.69, 9.17) is 23.6 Å². The molecule has 10 heteroatoms. The van der Waals surface area contributed by atoms with E-state index in [0.29, 0.717) is 63.6 Å². The summed E-state index contributed by atoms with van der Waals surface area (Å²) in [6, 6.07) is 17.7. The standard InChI is InChI=1S/C32H29N3O7/c1-5-10-21-15-20(16-27(40-6-2)29(21)41-19(3)32(37)38)18-33-35-30(34-24-12-8-7-11-22(24)31(35)36)28-17-23-25(39-4)13-9-14-26(23)42-28/h5,7-9,11-19H,1,6,10H2,2-4H3,(H,37,38)/t19-/m1/s1. The van der Waals surface area contributed by atoms with E-state index in [1.54, 1.807) is 61.7 Å². The molecule has 5 aromatic rings. The molecule has 5 rings (SSSR count). The summed E-state index contributed by atoms with van der Waals surface area (Å²) in [7, 11) is 1.58. The summed E-state index contributed by atoms with van der Waals surface area (Å²) in [6.07, 6.45) is 2.46. The van der Waals surface area contributed by atoms with Crippen LogP contribution in [0.15, 0.2) is 87.6 Å². The summed E-state index contributed by atoms with van der Waals surface area (Å²) in [5, 5.41) is 15.1. The monoisotopic (exact) mass is 567 g/mol.